The first-order valence-electron chi connectivity index (χ1n) is 7.68. The van der Waals surface area contributed by atoms with Gasteiger partial charge < -0.3 is 10.2 Å². The maximum atomic E-state index is 12.7. The maximum absolute atomic E-state index is 12.7. The third kappa shape index (κ3) is 2.91. The monoisotopic (exact) mass is 315 g/mol. The van der Waals surface area contributed by atoms with Crippen LogP contribution in [0.3, 0.4) is 0 Å². The van der Waals surface area contributed by atoms with Crippen LogP contribution < -0.4 is 5.32 Å². The number of nitrogens with one attached hydrogen (secondary N) is 1. The zero-order valence-electron chi connectivity index (χ0n) is 13.0. The van der Waals surface area contributed by atoms with Crippen LogP contribution >= 0.6 is 11.3 Å². The molecule has 22 heavy (non-hydrogen) atoms. The Labute approximate surface area is 135 Å². The van der Waals surface area contributed by atoms with Gasteiger partial charge in [0.05, 0.1) is 0 Å². The molecule has 2 heterocycles. The van der Waals surface area contributed by atoms with Gasteiger partial charge in [0.1, 0.15) is 10.7 Å². The highest BCUT2D eigenvalue weighted by molar-refractivity contribution is 7.13. The molecule has 1 aliphatic heterocycles. The minimum absolute atomic E-state index is 0.0637. The van der Waals surface area contributed by atoms with E-state index in [0.717, 1.165) is 36.5 Å². The zero-order valence-corrected chi connectivity index (χ0v) is 13.8. The summed E-state index contributed by atoms with van der Waals surface area (Å²) in [5.74, 6) is 0.0637. The van der Waals surface area contributed by atoms with Crippen LogP contribution in [0, 0.1) is 6.92 Å². The van der Waals surface area contributed by atoms with Crippen LogP contribution in [-0.4, -0.2) is 42.0 Å². The van der Waals surface area contributed by atoms with Gasteiger partial charge >= 0.3 is 0 Å². The summed E-state index contributed by atoms with van der Waals surface area (Å²) < 4.78 is 0. The molecule has 3 rings (SSSR count). The molecule has 5 heteroatoms. The fraction of sp³-hybridized carbons (Fsp3) is 0.412. The summed E-state index contributed by atoms with van der Waals surface area (Å²) in [6.07, 6.45) is 2.15. The lowest BCUT2D eigenvalue weighted by molar-refractivity contribution is 0.0732. The SMILES string of the molecule is CNC[C@H]1CCCN1C(=O)c1csc(-c2ccccc2C)n1. The van der Waals surface area contributed by atoms with E-state index >= 15 is 0 Å². The number of amides is 1. The standard InChI is InChI=1S/C17H21N3OS/c1-12-6-3-4-8-14(12)16-19-15(11-22-16)17(21)20-9-5-7-13(20)10-18-2/h3-4,6,8,11,13,18H,5,7,9-10H2,1-2H3/t13-/m1/s1. The number of rotatable bonds is 4. The van der Waals surface area contributed by atoms with E-state index in [1.165, 1.54) is 5.56 Å². The van der Waals surface area contributed by atoms with E-state index in [2.05, 4.69) is 29.4 Å². The van der Waals surface area contributed by atoms with Crippen molar-refractivity contribution < 1.29 is 4.79 Å². The summed E-state index contributed by atoms with van der Waals surface area (Å²) in [7, 11) is 1.93. The highest BCUT2D eigenvalue weighted by Gasteiger charge is 2.30. The third-order valence-electron chi connectivity index (χ3n) is 4.18. The highest BCUT2D eigenvalue weighted by Crippen LogP contribution is 2.28. The summed E-state index contributed by atoms with van der Waals surface area (Å²) in [6.45, 7) is 3.75. The lowest BCUT2D eigenvalue weighted by Gasteiger charge is -2.23. The van der Waals surface area contributed by atoms with Crippen LogP contribution in [0.15, 0.2) is 29.6 Å². The van der Waals surface area contributed by atoms with E-state index < -0.39 is 0 Å². The smallest absolute Gasteiger partial charge is 0.273 e. The molecule has 1 fully saturated rings. The molecule has 1 aromatic heterocycles. The molecule has 1 saturated heterocycles. The summed E-state index contributed by atoms with van der Waals surface area (Å²) in [5.41, 5.74) is 2.87. The third-order valence-corrected chi connectivity index (χ3v) is 5.05. The second kappa shape index (κ2) is 6.58. The molecule has 0 spiro atoms. The molecule has 0 saturated carbocycles. The fourth-order valence-electron chi connectivity index (χ4n) is 3.01. The van der Waals surface area contributed by atoms with Crippen LogP contribution in [0.1, 0.15) is 28.9 Å². The van der Waals surface area contributed by atoms with Crippen molar-refractivity contribution in [3.63, 3.8) is 0 Å². The molecule has 4 nitrogen and oxygen atoms in total. The van der Waals surface area contributed by atoms with Crippen molar-refractivity contribution in [2.24, 2.45) is 0 Å². The molecule has 0 bridgehead atoms. The second-order valence-corrected chi connectivity index (χ2v) is 6.56. The van der Waals surface area contributed by atoms with E-state index in [1.54, 1.807) is 11.3 Å². The van der Waals surface area contributed by atoms with Crippen LogP contribution in [0.2, 0.25) is 0 Å². The predicted octanol–water partition coefficient (Wildman–Crippen LogP) is 2.94. The van der Waals surface area contributed by atoms with Crippen molar-refractivity contribution in [1.82, 2.24) is 15.2 Å². The Morgan fingerprint density at radius 3 is 3.05 bits per heavy atom. The molecule has 0 unspecified atom stereocenters. The average molecular weight is 315 g/mol. The Morgan fingerprint density at radius 1 is 1.45 bits per heavy atom. The number of likely N-dealkylation sites (tertiary alicyclic amines) is 1. The highest BCUT2D eigenvalue weighted by atomic mass is 32.1. The first kappa shape index (κ1) is 15.2. The number of carbonyl (C=O) groups excluding carboxylic acids is 1. The molecule has 2 aromatic rings. The molecule has 116 valence electrons. The van der Waals surface area contributed by atoms with Gasteiger partial charge in [-0.1, -0.05) is 24.3 Å². The van der Waals surface area contributed by atoms with E-state index in [0.29, 0.717) is 11.7 Å². The number of nitrogens with zero attached hydrogens (tertiary/aromatic N) is 2. The van der Waals surface area contributed by atoms with Gasteiger partial charge in [0.15, 0.2) is 0 Å². The van der Waals surface area contributed by atoms with Gasteiger partial charge in [-0.3, -0.25) is 4.79 Å². The Morgan fingerprint density at radius 2 is 2.27 bits per heavy atom. The Balaban J connectivity index is 1.82. The van der Waals surface area contributed by atoms with Crippen molar-refractivity contribution in [3.05, 3.63) is 40.9 Å². The van der Waals surface area contributed by atoms with E-state index in [1.807, 2.05) is 29.5 Å². The van der Waals surface area contributed by atoms with E-state index in [4.69, 9.17) is 0 Å². The van der Waals surface area contributed by atoms with Gasteiger partial charge in [-0.15, -0.1) is 11.3 Å². The van der Waals surface area contributed by atoms with Gasteiger partial charge in [0.2, 0.25) is 0 Å². The lowest BCUT2D eigenvalue weighted by Crippen LogP contribution is -2.40. The number of thiazole rings is 1. The number of aryl methyl sites for hydroxylation is 1. The number of hydrogen-bond donors (Lipinski definition) is 1. The average Bonchev–Trinajstić information content (AvgIpc) is 3.17. The fourth-order valence-corrected chi connectivity index (χ4v) is 3.89. The van der Waals surface area contributed by atoms with Gasteiger partial charge in [-0.05, 0) is 32.4 Å². The summed E-state index contributed by atoms with van der Waals surface area (Å²) in [5, 5.41) is 5.98. The normalized spacial score (nSPS) is 17.9. The van der Waals surface area contributed by atoms with Crippen LogP contribution in [0.4, 0.5) is 0 Å². The van der Waals surface area contributed by atoms with Crippen LogP contribution in [0.5, 0.6) is 0 Å². The molecule has 0 aliphatic carbocycles. The molecule has 1 N–H and O–H groups in total. The topological polar surface area (TPSA) is 45.2 Å². The Kier molecular flexibility index (Phi) is 4.55. The lowest BCUT2D eigenvalue weighted by atomic mass is 10.1. The first-order chi connectivity index (χ1) is 10.7. The number of likely N-dealkylation sites (N-methyl/N-ethyl adjacent to an activating group) is 1. The first-order valence-corrected chi connectivity index (χ1v) is 8.55. The summed E-state index contributed by atoms with van der Waals surface area (Å²) in [6, 6.07) is 8.45. The maximum Gasteiger partial charge on any atom is 0.273 e. The molecule has 1 aromatic carbocycles. The molecular formula is C17H21N3OS. The summed E-state index contributed by atoms with van der Waals surface area (Å²) in [4.78, 5) is 19.3. The number of benzene rings is 1. The minimum Gasteiger partial charge on any atom is -0.333 e. The van der Waals surface area contributed by atoms with Crippen molar-refractivity contribution in [2.75, 3.05) is 20.1 Å². The number of aromatic nitrogens is 1. The molecule has 1 aliphatic rings. The molecule has 1 atom stereocenters. The van der Waals surface area contributed by atoms with Gasteiger partial charge in [0.25, 0.3) is 5.91 Å². The minimum atomic E-state index is 0.0637. The van der Waals surface area contributed by atoms with E-state index in [-0.39, 0.29) is 5.91 Å². The van der Waals surface area contributed by atoms with Gasteiger partial charge in [-0.25, -0.2) is 4.98 Å². The van der Waals surface area contributed by atoms with Crippen LogP contribution in [-0.2, 0) is 0 Å². The number of carbonyl (C=O) groups is 1. The van der Waals surface area contributed by atoms with Crippen LogP contribution in [0.25, 0.3) is 10.6 Å². The second-order valence-electron chi connectivity index (χ2n) is 5.71. The Bertz CT molecular complexity index is 667. The summed E-state index contributed by atoms with van der Waals surface area (Å²) >= 11 is 1.54. The predicted molar refractivity (Wildman–Crippen MR) is 90.3 cm³/mol. The number of hydrogen-bond acceptors (Lipinski definition) is 4. The zero-order chi connectivity index (χ0) is 15.5. The van der Waals surface area contributed by atoms with Crippen molar-refractivity contribution in [3.8, 4) is 10.6 Å². The quantitative estimate of drug-likeness (QED) is 0.943. The molecule has 0 radical (unpaired) electrons. The van der Waals surface area contributed by atoms with Gasteiger partial charge in [-0.2, -0.15) is 0 Å². The molecular weight excluding hydrogens is 294 g/mol. The van der Waals surface area contributed by atoms with Crippen molar-refractivity contribution in [1.29, 1.82) is 0 Å². The van der Waals surface area contributed by atoms with Gasteiger partial charge in [0, 0.05) is 30.1 Å². The molecule has 1 amide bonds. The van der Waals surface area contributed by atoms with Crippen molar-refractivity contribution >= 4 is 17.2 Å². The largest absolute Gasteiger partial charge is 0.333 e. The van der Waals surface area contributed by atoms with E-state index in [9.17, 15) is 4.79 Å². The Hall–Kier alpha value is -1.72. The van der Waals surface area contributed by atoms with Crippen molar-refractivity contribution in [2.45, 2.75) is 25.8 Å².